The summed E-state index contributed by atoms with van der Waals surface area (Å²) in [6.45, 7) is 5.12. The Morgan fingerprint density at radius 3 is 2.60 bits per heavy atom. The van der Waals surface area contributed by atoms with Gasteiger partial charge in [0.25, 0.3) is 0 Å². The molecule has 0 atom stereocenters. The fourth-order valence-electron chi connectivity index (χ4n) is 4.49. The van der Waals surface area contributed by atoms with E-state index in [-0.39, 0.29) is 0 Å². The predicted molar refractivity (Wildman–Crippen MR) is 122 cm³/mol. The van der Waals surface area contributed by atoms with Crippen molar-refractivity contribution < 1.29 is 4.74 Å². The van der Waals surface area contributed by atoms with Crippen molar-refractivity contribution >= 4 is 34.6 Å². The summed E-state index contributed by atoms with van der Waals surface area (Å²) in [5.41, 5.74) is 3.18. The SMILES string of the molecule is c1cc(N2CCOCC2)ccc1Nc1nc2c(c(NCC3CCCCC3)n1)NCN2. The minimum absolute atomic E-state index is 0.607. The first-order chi connectivity index (χ1) is 14.8. The highest BCUT2D eigenvalue weighted by molar-refractivity contribution is 5.82. The quantitative estimate of drug-likeness (QED) is 0.573. The van der Waals surface area contributed by atoms with E-state index in [1.54, 1.807) is 0 Å². The van der Waals surface area contributed by atoms with Crippen LogP contribution in [0.1, 0.15) is 32.1 Å². The van der Waals surface area contributed by atoms with Crippen LogP contribution in [0, 0.1) is 5.92 Å². The van der Waals surface area contributed by atoms with Gasteiger partial charge in [-0.1, -0.05) is 19.3 Å². The van der Waals surface area contributed by atoms with E-state index < -0.39 is 0 Å². The van der Waals surface area contributed by atoms with Crippen LogP contribution in [0.25, 0.3) is 0 Å². The van der Waals surface area contributed by atoms with Crippen molar-refractivity contribution in [1.82, 2.24) is 9.97 Å². The predicted octanol–water partition coefficient (Wildman–Crippen LogP) is 3.84. The van der Waals surface area contributed by atoms with E-state index in [1.807, 2.05) is 0 Å². The number of benzene rings is 1. The highest BCUT2D eigenvalue weighted by Crippen LogP contribution is 2.34. The van der Waals surface area contributed by atoms with Crippen LogP contribution >= 0.6 is 0 Å². The van der Waals surface area contributed by atoms with Gasteiger partial charge in [0.05, 0.1) is 19.9 Å². The smallest absolute Gasteiger partial charge is 0.231 e. The van der Waals surface area contributed by atoms with Crippen molar-refractivity contribution in [2.45, 2.75) is 32.1 Å². The lowest BCUT2D eigenvalue weighted by atomic mass is 9.89. The van der Waals surface area contributed by atoms with Crippen LogP contribution in [0.5, 0.6) is 0 Å². The number of rotatable bonds is 6. The zero-order chi connectivity index (χ0) is 20.2. The summed E-state index contributed by atoms with van der Waals surface area (Å²) in [6.07, 6.45) is 6.70. The van der Waals surface area contributed by atoms with Crippen LogP contribution in [-0.4, -0.2) is 49.5 Å². The Kier molecular flexibility index (Phi) is 5.74. The molecule has 0 amide bonds. The number of hydrogen-bond donors (Lipinski definition) is 4. The lowest BCUT2D eigenvalue weighted by molar-refractivity contribution is 0.122. The van der Waals surface area contributed by atoms with Crippen molar-refractivity contribution in [3.8, 4) is 0 Å². The molecule has 8 nitrogen and oxygen atoms in total. The molecule has 1 saturated carbocycles. The monoisotopic (exact) mass is 409 g/mol. The molecule has 1 saturated heterocycles. The van der Waals surface area contributed by atoms with Gasteiger partial charge in [-0.25, -0.2) is 0 Å². The van der Waals surface area contributed by atoms with Gasteiger partial charge in [0.1, 0.15) is 5.69 Å². The third kappa shape index (κ3) is 4.38. The summed E-state index contributed by atoms with van der Waals surface area (Å²) in [5, 5.41) is 13.6. The van der Waals surface area contributed by atoms with Gasteiger partial charge < -0.3 is 30.9 Å². The van der Waals surface area contributed by atoms with E-state index in [0.717, 1.165) is 61.8 Å². The summed E-state index contributed by atoms with van der Waals surface area (Å²) >= 11 is 0. The Labute approximate surface area is 177 Å². The molecule has 2 aliphatic heterocycles. The van der Waals surface area contributed by atoms with Crippen LogP contribution in [0.3, 0.4) is 0 Å². The Morgan fingerprint density at radius 1 is 1.00 bits per heavy atom. The van der Waals surface area contributed by atoms with E-state index in [0.29, 0.717) is 12.6 Å². The fraction of sp³-hybridized carbons (Fsp3) is 0.545. The van der Waals surface area contributed by atoms with Gasteiger partial charge in [0, 0.05) is 31.0 Å². The Hall–Kier alpha value is -2.74. The molecule has 0 radical (unpaired) electrons. The molecule has 0 unspecified atom stereocenters. The summed E-state index contributed by atoms with van der Waals surface area (Å²) < 4.78 is 5.44. The van der Waals surface area contributed by atoms with Gasteiger partial charge in [-0.3, -0.25) is 0 Å². The van der Waals surface area contributed by atoms with Crippen molar-refractivity contribution in [2.24, 2.45) is 5.92 Å². The molecule has 2 fully saturated rings. The van der Waals surface area contributed by atoms with Crippen molar-refractivity contribution in [3.05, 3.63) is 24.3 Å². The summed E-state index contributed by atoms with van der Waals surface area (Å²) in [7, 11) is 0. The topological polar surface area (TPSA) is 86.4 Å². The van der Waals surface area contributed by atoms with Gasteiger partial charge in [-0.05, 0) is 43.0 Å². The van der Waals surface area contributed by atoms with Crippen LogP contribution in [0.4, 0.5) is 34.6 Å². The molecular formula is C22H31N7O. The molecule has 2 aromatic rings. The molecule has 5 rings (SSSR count). The third-order valence-electron chi connectivity index (χ3n) is 6.21. The Morgan fingerprint density at radius 2 is 1.80 bits per heavy atom. The first-order valence-electron chi connectivity index (χ1n) is 11.2. The first kappa shape index (κ1) is 19.2. The molecule has 0 bridgehead atoms. The number of hydrogen-bond acceptors (Lipinski definition) is 8. The average molecular weight is 410 g/mol. The van der Waals surface area contributed by atoms with Crippen molar-refractivity contribution in [3.63, 3.8) is 0 Å². The highest BCUT2D eigenvalue weighted by Gasteiger charge is 2.20. The second-order valence-corrected chi connectivity index (χ2v) is 8.31. The molecule has 160 valence electrons. The second kappa shape index (κ2) is 8.95. The van der Waals surface area contributed by atoms with Crippen LogP contribution in [0.15, 0.2) is 24.3 Å². The molecule has 3 heterocycles. The van der Waals surface area contributed by atoms with Crippen LogP contribution in [-0.2, 0) is 4.74 Å². The minimum Gasteiger partial charge on any atom is -0.378 e. The number of nitrogens with zero attached hydrogens (tertiary/aromatic N) is 3. The lowest BCUT2D eigenvalue weighted by Gasteiger charge is -2.28. The average Bonchev–Trinajstić information content (AvgIpc) is 3.28. The third-order valence-corrected chi connectivity index (χ3v) is 6.21. The molecule has 30 heavy (non-hydrogen) atoms. The summed E-state index contributed by atoms with van der Waals surface area (Å²) in [5.74, 6) is 3.07. The van der Waals surface area contributed by atoms with Gasteiger partial charge >= 0.3 is 0 Å². The molecule has 1 aliphatic carbocycles. The summed E-state index contributed by atoms with van der Waals surface area (Å²) in [6, 6.07) is 8.45. The second-order valence-electron chi connectivity index (χ2n) is 8.31. The minimum atomic E-state index is 0.607. The van der Waals surface area contributed by atoms with E-state index in [2.05, 4.69) is 55.4 Å². The number of aromatic nitrogens is 2. The lowest BCUT2D eigenvalue weighted by Crippen LogP contribution is -2.36. The number of ether oxygens (including phenoxy) is 1. The Balaban J connectivity index is 1.28. The highest BCUT2D eigenvalue weighted by atomic mass is 16.5. The molecule has 3 aliphatic rings. The molecule has 0 spiro atoms. The Bertz CT molecular complexity index is 845. The fourth-order valence-corrected chi connectivity index (χ4v) is 4.49. The standard InChI is InChI=1S/C22H31N7O/c1-2-4-16(5-3-1)14-23-20-19-21(25-15-24-19)28-22(27-20)26-17-6-8-18(9-7-17)29-10-12-30-13-11-29/h6-9,16,24H,1-5,10-15H2,(H3,23,25,26,27,28). The zero-order valence-corrected chi connectivity index (χ0v) is 17.4. The summed E-state index contributed by atoms with van der Waals surface area (Å²) in [4.78, 5) is 11.8. The van der Waals surface area contributed by atoms with Crippen LogP contribution in [0.2, 0.25) is 0 Å². The van der Waals surface area contributed by atoms with Gasteiger partial charge in [-0.2, -0.15) is 9.97 Å². The van der Waals surface area contributed by atoms with Gasteiger partial charge in [-0.15, -0.1) is 0 Å². The maximum absolute atomic E-state index is 5.44. The normalized spacial score (nSPS) is 19.0. The van der Waals surface area contributed by atoms with Gasteiger partial charge in [0.15, 0.2) is 11.6 Å². The molecule has 1 aromatic heterocycles. The maximum Gasteiger partial charge on any atom is 0.231 e. The van der Waals surface area contributed by atoms with E-state index in [1.165, 1.54) is 37.8 Å². The number of fused-ring (bicyclic) bond motifs is 1. The van der Waals surface area contributed by atoms with E-state index in [9.17, 15) is 0 Å². The molecule has 1 aromatic carbocycles. The molecular weight excluding hydrogens is 378 g/mol. The first-order valence-corrected chi connectivity index (χ1v) is 11.2. The van der Waals surface area contributed by atoms with Crippen molar-refractivity contribution in [1.29, 1.82) is 0 Å². The number of morpholine rings is 1. The van der Waals surface area contributed by atoms with E-state index >= 15 is 0 Å². The zero-order valence-electron chi connectivity index (χ0n) is 17.4. The molecule has 8 heteroatoms. The largest absolute Gasteiger partial charge is 0.378 e. The number of anilines is 6. The van der Waals surface area contributed by atoms with E-state index in [4.69, 9.17) is 9.72 Å². The number of nitrogens with one attached hydrogen (secondary N) is 4. The van der Waals surface area contributed by atoms with Gasteiger partial charge in [0.2, 0.25) is 5.95 Å². The van der Waals surface area contributed by atoms with Crippen LogP contribution < -0.4 is 26.2 Å². The van der Waals surface area contributed by atoms with Crippen molar-refractivity contribution in [2.75, 3.05) is 65.7 Å². The molecule has 4 N–H and O–H groups in total. The maximum atomic E-state index is 5.44.